The first-order chi connectivity index (χ1) is 9.58. The average Bonchev–Trinajstić information content (AvgIpc) is 2.44. The second-order valence-corrected chi connectivity index (χ2v) is 4.44. The molecule has 0 spiro atoms. The third kappa shape index (κ3) is 4.34. The molecule has 5 nitrogen and oxygen atoms in total. The highest BCUT2D eigenvalue weighted by molar-refractivity contribution is 6.31. The van der Waals surface area contributed by atoms with Crippen LogP contribution in [0.25, 0.3) is 0 Å². The van der Waals surface area contributed by atoms with Crippen molar-refractivity contribution in [3.63, 3.8) is 0 Å². The number of pyridine rings is 1. The summed E-state index contributed by atoms with van der Waals surface area (Å²) in [5.41, 5.74) is 3.67. The van der Waals surface area contributed by atoms with Crippen LogP contribution in [-0.4, -0.2) is 22.6 Å². The number of halogens is 2. The Bertz CT molecular complexity index is 660. The third-order valence-corrected chi connectivity index (χ3v) is 2.82. The van der Waals surface area contributed by atoms with Crippen molar-refractivity contribution < 1.29 is 14.7 Å². The minimum Gasteiger partial charge on any atom is -0.412 e. The highest BCUT2D eigenvalue weighted by atomic mass is 35.5. The van der Waals surface area contributed by atoms with E-state index in [1.54, 1.807) is 18.2 Å². The van der Waals surface area contributed by atoms with Crippen LogP contribution in [0.2, 0.25) is 5.02 Å². The van der Waals surface area contributed by atoms with Gasteiger partial charge in [-0.2, -0.15) is 5.10 Å². The maximum atomic E-state index is 13.5. The number of nitrogens with zero attached hydrogens (tertiary/aromatic N) is 2. The molecule has 110 valence electrons. The quantitative estimate of drug-likeness (QED) is 0.695. The Hall–Kier alpha value is -2.31. The number of aromatic nitrogens is 1. The van der Waals surface area contributed by atoms with Crippen LogP contribution < -0.4 is 5.43 Å². The van der Waals surface area contributed by atoms with Gasteiger partial charge in [0.25, 0.3) is 5.91 Å². The van der Waals surface area contributed by atoms with Gasteiger partial charge in [0.05, 0.1) is 16.8 Å². The molecular formula is C14H13ClFN3O2. The predicted octanol–water partition coefficient (Wildman–Crippen LogP) is 2.12. The number of nitrogens with one attached hydrogen (secondary N) is 1. The van der Waals surface area contributed by atoms with Crippen LogP contribution in [0.1, 0.15) is 21.6 Å². The second kappa shape index (κ2) is 7.47. The van der Waals surface area contributed by atoms with Crippen molar-refractivity contribution in [2.45, 2.75) is 6.92 Å². The van der Waals surface area contributed by atoms with E-state index in [1.165, 1.54) is 24.5 Å². The van der Waals surface area contributed by atoms with Gasteiger partial charge in [0.15, 0.2) is 5.82 Å². The SMILES string of the molecule is Cc1ccc(C(=O)N/N=C/c2cccc(Cl)c2F)cn1.O. The van der Waals surface area contributed by atoms with Crippen LogP contribution in [0.15, 0.2) is 41.6 Å². The Labute approximate surface area is 125 Å². The monoisotopic (exact) mass is 309 g/mol. The van der Waals surface area contributed by atoms with Crippen molar-refractivity contribution >= 4 is 23.7 Å². The first-order valence-electron chi connectivity index (χ1n) is 5.78. The molecule has 0 atom stereocenters. The Morgan fingerprint density at radius 2 is 2.14 bits per heavy atom. The van der Waals surface area contributed by atoms with E-state index < -0.39 is 11.7 Å². The van der Waals surface area contributed by atoms with E-state index in [2.05, 4.69) is 15.5 Å². The molecule has 1 amide bonds. The molecule has 0 aliphatic rings. The fourth-order valence-electron chi connectivity index (χ4n) is 1.45. The lowest BCUT2D eigenvalue weighted by atomic mass is 10.2. The molecule has 1 heterocycles. The van der Waals surface area contributed by atoms with Gasteiger partial charge in [-0.3, -0.25) is 9.78 Å². The molecule has 0 radical (unpaired) electrons. The number of aryl methyl sites for hydroxylation is 1. The standard InChI is InChI=1S/C14H11ClFN3O.H2O/c1-9-5-6-11(7-17-9)14(20)19-18-8-10-3-2-4-12(15)13(10)16;/h2-8H,1H3,(H,19,20);1H2/b18-8+;. The Morgan fingerprint density at radius 3 is 2.81 bits per heavy atom. The number of carbonyl (C=O) groups is 1. The molecule has 1 aromatic heterocycles. The molecule has 3 N–H and O–H groups in total. The molecule has 1 aromatic carbocycles. The Morgan fingerprint density at radius 1 is 1.38 bits per heavy atom. The first-order valence-corrected chi connectivity index (χ1v) is 6.16. The van der Waals surface area contributed by atoms with Crippen LogP contribution >= 0.6 is 11.6 Å². The molecule has 21 heavy (non-hydrogen) atoms. The van der Waals surface area contributed by atoms with Crippen molar-refractivity contribution in [2.24, 2.45) is 5.10 Å². The van der Waals surface area contributed by atoms with Crippen molar-refractivity contribution in [1.29, 1.82) is 0 Å². The lowest BCUT2D eigenvalue weighted by Gasteiger charge is -2.00. The number of benzene rings is 1. The van der Waals surface area contributed by atoms with Gasteiger partial charge in [-0.05, 0) is 25.1 Å². The van der Waals surface area contributed by atoms with Crippen LogP contribution in [0.3, 0.4) is 0 Å². The molecule has 2 rings (SSSR count). The van der Waals surface area contributed by atoms with E-state index in [0.29, 0.717) is 5.56 Å². The predicted molar refractivity (Wildman–Crippen MR) is 79.1 cm³/mol. The molecule has 0 unspecified atom stereocenters. The number of rotatable bonds is 3. The smallest absolute Gasteiger partial charge is 0.272 e. The summed E-state index contributed by atoms with van der Waals surface area (Å²) in [5.74, 6) is -1.000. The zero-order valence-corrected chi connectivity index (χ0v) is 11.9. The molecule has 0 bridgehead atoms. The van der Waals surface area contributed by atoms with Gasteiger partial charge < -0.3 is 5.48 Å². The van der Waals surface area contributed by atoms with Crippen molar-refractivity contribution in [3.05, 3.63) is 64.2 Å². The molecule has 0 aliphatic heterocycles. The lowest BCUT2D eigenvalue weighted by molar-refractivity contribution is 0.0954. The van der Waals surface area contributed by atoms with Crippen molar-refractivity contribution in [2.75, 3.05) is 0 Å². The zero-order chi connectivity index (χ0) is 14.5. The minimum atomic E-state index is -0.579. The summed E-state index contributed by atoms with van der Waals surface area (Å²) in [4.78, 5) is 15.7. The fraction of sp³-hybridized carbons (Fsp3) is 0.0714. The summed E-state index contributed by atoms with van der Waals surface area (Å²) in [6.45, 7) is 1.82. The van der Waals surface area contributed by atoms with Crippen molar-refractivity contribution in [1.82, 2.24) is 10.4 Å². The molecule has 2 aromatic rings. The van der Waals surface area contributed by atoms with Gasteiger partial charge in [-0.15, -0.1) is 0 Å². The van der Waals surface area contributed by atoms with Gasteiger partial charge in [0.1, 0.15) is 0 Å². The molecule has 0 saturated heterocycles. The largest absolute Gasteiger partial charge is 0.412 e. The summed E-state index contributed by atoms with van der Waals surface area (Å²) in [5, 5.41) is 3.69. The topological polar surface area (TPSA) is 85.8 Å². The van der Waals surface area contributed by atoms with Crippen LogP contribution in [0.5, 0.6) is 0 Å². The number of hydrazone groups is 1. The third-order valence-electron chi connectivity index (χ3n) is 2.52. The van der Waals surface area contributed by atoms with Gasteiger partial charge >= 0.3 is 0 Å². The van der Waals surface area contributed by atoms with Gasteiger partial charge in [-0.1, -0.05) is 23.7 Å². The highest BCUT2D eigenvalue weighted by Crippen LogP contribution is 2.16. The number of hydrogen-bond acceptors (Lipinski definition) is 3. The Kier molecular flexibility index (Phi) is 5.95. The minimum absolute atomic E-state index is 0. The van der Waals surface area contributed by atoms with Crippen LogP contribution in [0, 0.1) is 12.7 Å². The van der Waals surface area contributed by atoms with Crippen LogP contribution in [-0.2, 0) is 0 Å². The number of amides is 1. The van der Waals surface area contributed by atoms with Crippen molar-refractivity contribution in [3.8, 4) is 0 Å². The van der Waals surface area contributed by atoms with E-state index in [-0.39, 0.29) is 16.1 Å². The summed E-state index contributed by atoms with van der Waals surface area (Å²) >= 11 is 5.63. The van der Waals surface area contributed by atoms with E-state index in [9.17, 15) is 9.18 Å². The molecular weight excluding hydrogens is 297 g/mol. The molecule has 0 saturated carbocycles. The summed E-state index contributed by atoms with van der Waals surface area (Å²) < 4.78 is 13.5. The van der Waals surface area contributed by atoms with Gasteiger partial charge in [-0.25, -0.2) is 9.82 Å². The lowest BCUT2D eigenvalue weighted by Crippen LogP contribution is -2.17. The van der Waals surface area contributed by atoms with E-state index in [4.69, 9.17) is 11.6 Å². The number of hydrogen-bond donors (Lipinski definition) is 1. The Balaban J connectivity index is 0.00000220. The molecule has 0 fully saturated rings. The van der Waals surface area contributed by atoms with Gasteiger partial charge in [0.2, 0.25) is 0 Å². The summed E-state index contributed by atoms with van der Waals surface area (Å²) in [7, 11) is 0. The van der Waals surface area contributed by atoms with E-state index in [1.807, 2.05) is 6.92 Å². The summed E-state index contributed by atoms with van der Waals surface area (Å²) in [6.07, 6.45) is 2.64. The normalized spacial score (nSPS) is 10.2. The zero-order valence-electron chi connectivity index (χ0n) is 11.1. The first kappa shape index (κ1) is 16.7. The summed E-state index contributed by atoms with van der Waals surface area (Å²) in [6, 6.07) is 7.88. The van der Waals surface area contributed by atoms with E-state index >= 15 is 0 Å². The fourth-order valence-corrected chi connectivity index (χ4v) is 1.63. The molecule has 7 heteroatoms. The molecule has 0 aliphatic carbocycles. The second-order valence-electron chi connectivity index (χ2n) is 4.03. The van der Waals surface area contributed by atoms with Crippen LogP contribution in [0.4, 0.5) is 4.39 Å². The maximum Gasteiger partial charge on any atom is 0.272 e. The maximum absolute atomic E-state index is 13.5. The highest BCUT2D eigenvalue weighted by Gasteiger charge is 2.05. The number of carbonyl (C=O) groups excluding carboxylic acids is 1. The average molecular weight is 310 g/mol. The van der Waals surface area contributed by atoms with Gasteiger partial charge in [0, 0.05) is 17.5 Å². The van der Waals surface area contributed by atoms with E-state index in [0.717, 1.165) is 5.69 Å².